The first kappa shape index (κ1) is 26.1. The number of fused-ring (bicyclic) bond motifs is 4. The third kappa shape index (κ3) is 4.17. The normalized spacial score (nSPS) is 41.2. The van der Waals surface area contributed by atoms with Crippen LogP contribution in [0.25, 0.3) is 0 Å². The van der Waals surface area contributed by atoms with Gasteiger partial charge in [-0.2, -0.15) is 13.2 Å². The summed E-state index contributed by atoms with van der Waals surface area (Å²) in [6.45, 7) is 3.06. The molecule has 0 bridgehead atoms. The molecule has 1 heterocycles. The number of benzene rings is 1. The maximum atomic E-state index is 13.2. The molecular weight excluding hydrogens is 549 g/mol. The molecule has 1 aromatic rings. The van der Waals surface area contributed by atoms with Crippen molar-refractivity contribution in [1.29, 1.82) is 0 Å². The highest BCUT2D eigenvalue weighted by atomic mass is 79.9. The number of hydrogen-bond acceptors (Lipinski definition) is 4. The zero-order valence-electron chi connectivity index (χ0n) is 21.0. The molecule has 0 amide bonds. The molecule has 5 aliphatic rings. The summed E-state index contributed by atoms with van der Waals surface area (Å²) >= 11 is 3.51. The van der Waals surface area contributed by atoms with Gasteiger partial charge in [-0.05, 0) is 79.7 Å². The fourth-order valence-electron chi connectivity index (χ4n) is 8.55. The maximum Gasteiger partial charge on any atom is 0.409 e. The maximum absolute atomic E-state index is 13.2. The molecule has 4 fully saturated rings. The summed E-state index contributed by atoms with van der Waals surface area (Å²) in [5, 5.41) is 23.8. The Hall–Kier alpha value is -1.19. The molecule has 37 heavy (non-hydrogen) atoms. The molecule has 6 atom stereocenters. The number of ether oxygens (including phenoxy) is 2. The van der Waals surface area contributed by atoms with Gasteiger partial charge in [0.2, 0.25) is 0 Å². The first-order valence-corrected chi connectivity index (χ1v) is 14.2. The van der Waals surface area contributed by atoms with Crippen LogP contribution in [0.3, 0.4) is 0 Å². The van der Waals surface area contributed by atoms with Gasteiger partial charge in [0.1, 0.15) is 0 Å². The van der Waals surface area contributed by atoms with Crippen LogP contribution < -0.4 is 0 Å². The van der Waals surface area contributed by atoms with Gasteiger partial charge < -0.3 is 19.7 Å². The standard InChI is InChI=1S/C29H34BrF3O4/c1-25-16-21(18-2-4-19(30)5-3-18)24-20(22(25)7-10-27(25,35)12-13-29(31,32)33)6-9-26(34)17-28(11-8-23(24)26)36-14-15-37-28/h2-5,12-13,20-22,34-35H,6-11,14-17H2,1H3/t20?,21-,22?,25+,26-,27-/m1/s1. The molecular formula is C29H34BrF3O4. The molecule has 3 saturated carbocycles. The van der Waals surface area contributed by atoms with E-state index in [1.54, 1.807) is 0 Å². The van der Waals surface area contributed by atoms with E-state index >= 15 is 0 Å². The minimum atomic E-state index is -4.47. The minimum Gasteiger partial charge on any atom is -0.385 e. The predicted octanol–water partition coefficient (Wildman–Crippen LogP) is 6.57. The Kier molecular flexibility index (Phi) is 6.09. The average molecular weight is 583 g/mol. The van der Waals surface area contributed by atoms with Gasteiger partial charge in [-0.15, -0.1) is 0 Å². The number of alkyl halides is 3. The van der Waals surface area contributed by atoms with E-state index in [9.17, 15) is 23.4 Å². The number of aliphatic hydroxyl groups is 2. The topological polar surface area (TPSA) is 58.9 Å². The van der Waals surface area contributed by atoms with Crippen molar-refractivity contribution in [2.24, 2.45) is 17.3 Å². The molecule has 2 N–H and O–H groups in total. The zero-order chi connectivity index (χ0) is 26.3. The highest BCUT2D eigenvalue weighted by molar-refractivity contribution is 9.10. The summed E-state index contributed by atoms with van der Waals surface area (Å²) in [6, 6.07) is 8.09. The molecule has 2 unspecified atom stereocenters. The van der Waals surface area contributed by atoms with Crippen molar-refractivity contribution in [3.63, 3.8) is 0 Å². The minimum absolute atomic E-state index is 0.0454. The monoisotopic (exact) mass is 582 g/mol. The van der Waals surface area contributed by atoms with Crippen molar-refractivity contribution in [1.82, 2.24) is 0 Å². The third-order valence-electron chi connectivity index (χ3n) is 10.3. The van der Waals surface area contributed by atoms with Crippen molar-refractivity contribution in [3.05, 3.63) is 57.6 Å². The summed E-state index contributed by atoms with van der Waals surface area (Å²) < 4.78 is 52.4. The van der Waals surface area contributed by atoms with Gasteiger partial charge in [-0.3, -0.25) is 0 Å². The van der Waals surface area contributed by atoms with E-state index in [0.717, 1.165) is 28.1 Å². The second-order valence-corrected chi connectivity index (χ2v) is 13.0. The molecule has 202 valence electrons. The summed E-state index contributed by atoms with van der Waals surface area (Å²) in [5.74, 6) is -0.665. The Labute approximate surface area is 224 Å². The Balaban J connectivity index is 1.46. The highest BCUT2D eigenvalue weighted by Gasteiger charge is 2.64. The molecule has 6 rings (SSSR count). The second kappa shape index (κ2) is 8.65. The van der Waals surface area contributed by atoms with Crippen LogP contribution in [0.15, 0.2) is 52.0 Å². The summed E-state index contributed by atoms with van der Waals surface area (Å²) in [7, 11) is 0. The van der Waals surface area contributed by atoms with Crippen molar-refractivity contribution in [2.45, 2.75) is 87.4 Å². The first-order chi connectivity index (χ1) is 17.4. The van der Waals surface area contributed by atoms with Gasteiger partial charge in [0.05, 0.1) is 24.4 Å². The first-order valence-electron chi connectivity index (χ1n) is 13.4. The van der Waals surface area contributed by atoms with Crippen molar-refractivity contribution in [2.75, 3.05) is 13.2 Å². The zero-order valence-corrected chi connectivity index (χ0v) is 22.6. The van der Waals surface area contributed by atoms with E-state index < -0.39 is 28.6 Å². The predicted molar refractivity (Wildman–Crippen MR) is 136 cm³/mol. The van der Waals surface area contributed by atoms with E-state index in [4.69, 9.17) is 9.47 Å². The average Bonchev–Trinajstić information content (AvgIpc) is 3.38. The lowest BCUT2D eigenvalue weighted by molar-refractivity contribution is -0.208. The Morgan fingerprint density at radius 2 is 1.73 bits per heavy atom. The lowest BCUT2D eigenvalue weighted by Gasteiger charge is -2.57. The van der Waals surface area contributed by atoms with Crippen LogP contribution in [-0.4, -0.2) is 46.6 Å². The molecule has 1 aliphatic heterocycles. The van der Waals surface area contributed by atoms with Crippen LogP contribution in [0.4, 0.5) is 13.2 Å². The lowest BCUT2D eigenvalue weighted by Crippen LogP contribution is -2.55. The SMILES string of the molecule is C[C@]12C[C@H](c3ccc(Br)cc3)C3=C4CCC5(C[C@]4(O)CCC3C1CC[C@@]2(O)C=CC(F)(F)F)OCCO5. The van der Waals surface area contributed by atoms with E-state index in [1.165, 1.54) is 5.57 Å². The Morgan fingerprint density at radius 1 is 1.03 bits per heavy atom. The second-order valence-electron chi connectivity index (χ2n) is 12.1. The fraction of sp³-hybridized carbons (Fsp3) is 0.655. The van der Waals surface area contributed by atoms with Crippen LogP contribution >= 0.6 is 15.9 Å². The molecule has 0 radical (unpaired) electrons. The molecule has 0 aromatic heterocycles. The largest absolute Gasteiger partial charge is 0.409 e. The highest BCUT2D eigenvalue weighted by Crippen LogP contribution is 2.68. The lowest BCUT2D eigenvalue weighted by atomic mass is 9.49. The number of hydrogen-bond donors (Lipinski definition) is 2. The summed E-state index contributed by atoms with van der Waals surface area (Å²) in [5.41, 5.74) is 0.125. The smallest absolute Gasteiger partial charge is 0.385 e. The van der Waals surface area contributed by atoms with Gasteiger partial charge in [-0.1, -0.05) is 40.6 Å². The molecule has 4 aliphatic carbocycles. The molecule has 1 saturated heterocycles. The van der Waals surface area contributed by atoms with Crippen LogP contribution in [0.1, 0.15) is 69.8 Å². The van der Waals surface area contributed by atoms with Crippen molar-refractivity contribution in [3.8, 4) is 0 Å². The number of halogens is 4. The molecule has 4 nitrogen and oxygen atoms in total. The van der Waals surface area contributed by atoms with Gasteiger partial charge in [0.25, 0.3) is 0 Å². The van der Waals surface area contributed by atoms with E-state index in [-0.39, 0.29) is 23.8 Å². The quantitative estimate of drug-likeness (QED) is 0.387. The Bertz CT molecular complexity index is 1120. The van der Waals surface area contributed by atoms with Crippen LogP contribution in [0, 0.1) is 17.3 Å². The van der Waals surface area contributed by atoms with Crippen molar-refractivity contribution >= 4 is 15.9 Å². The third-order valence-corrected chi connectivity index (χ3v) is 10.8. The van der Waals surface area contributed by atoms with Gasteiger partial charge in [-0.25, -0.2) is 0 Å². The molecule has 8 heteroatoms. The van der Waals surface area contributed by atoms with Gasteiger partial charge in [0.15, 0.2) is 5.79 Å². The van der Waals surface area contributed by atoms with Crippen LogP contribution in [0.5, 0.6) is 0 Å². The number of rotatable bonds is 2. The van der Waals surface area contributed by atoms with Gasteiger partial charge in [0, 0.05) is 34.7 Å². The van der Waals surface area contributed by atoms with Crippen LogP contribution in [-0.2, 0) is 9.47 Å². The van der Waals surface area contributed by atoms with E-state index in [2.05, 4.69) is 28.1 Å². The van der Waals surface area contributed by atoms with E-state index in [0.29, 0.717) is 58.2 Å². The molecule has 1 aromatic carbocycles. The summed E-state index contributed by atoms with van der Waals surface area (Å²) in [6.07, 6.45) is 1.35. The number of allylic oxidation sites excluding steroid dienone is 2. The summed E-state index contributed by atoms with van der Waals surface area (Å²) in [4.78, 5) is 0. The fourth-order valence-corrected chi connectivity index (χ4v) is 8.82. The van der Waals surface area contributed by atoms with Gasteiger partial charge >= 0.3 is 6.18 Å². The molecule has 1 spiro atoms. The van der Waals surface area contributed by atoms with E-state index in [1.807, 2.05) is 19.1 Å². The van der Waals surface area contributed by atoms with Crippen molar-refractivity contribution < 1.29 is 32.9 Å². The van der Waals surface area contributed by atoms with Crippen LogP contribution in [0.2, 0.25) is 0 Å². The Morgan fingerprint density at radius 3 is 2.41 bits per heavy atom.